The monoisotopic (exact) mass is 1470 g/mol. The van der Waals surface area contributed by atoms with E-state index in [1.807, 2.05) is 17.1 Å². The topological polar surface area (TPSA) is 357 Å². The highest BCUT2D eigenvalue weighted by Gasteiger charge is 2.57. The molecule has 2 aliphatic heterocycles. The number of hydrogen-bond donors (Lipinski definition) is 3. The number of fused-ring (bicyclic) bond motifs is 1. The predicted octanol–water partition coefficient (Wildman–Crippen LogP) is 8.46. The van der Waals surface area contributed by atoms with Gasteiger partial charge < -0.3 is 42.6 Å². The molecule has 92 heavy (non-hydrogen) atoms. The van der Waals surface area contributed by atoms with E-state index in [1.54, 1.807) is 78.9 Å². The number of amides is 1. The number of nitrogens with one attached hydrogen (secondary N) is 3. The number of esters is 2. The van der Waals surface area contributed by atoms with E-state index in [0.29, 0.717) is 32.8 Å². The molecule has 2 saturated heterocycles. The van der Waals surface area contributed by atoms with Crippen LogP contribution < -0.4 is 31.6 Å². The van der Waals surface area contributed by atoms with E-state index in [-0.39, 0.29) is 24.2 Å². The molecular formula is C54H49Cl9N9O19P. The molecule has 0 aliphatic carbocycles. The Balaban J connectivity index is 1.30. The molecule has 2 unspecified atom stereocenters. The van der Waals surface area contributed by atoms with Crippen LogP contribution in [0.5, 0.6) is 11.5 Å². The Morgan fingerprint density at radius 2 is 1.25 bits per heavy atom. The Morgan fingerprint density at radius 3 is 1.80 bits per heavy atom. The third kappa shape index (κ3) is 17.2. The molecule has 6 aromatic rings. The van der Waals surface area contributed by atoms with Gasteiger partial charge in [0, 0.05) is 12.3 Å². The second-order valence-corrected chi connectivity index (χ2v) is 27.9. The van der Waals surface area contributed by atoms with Gasteiger partial charge in [0.1, 0.15) is 41.5 Å². The summed E-state index contributed by atoms with van der Waals surface area (Å²) in [6, 6.07) is 27.4. The molecule has 1 amide bonds. The summed E-state index contributed by atoms with van der Waals surface area (Å²) < 4.78 is 83.0. The maximum Gasteiger partial charge on any atom is 0.475 e. The van der Waals surface area contributed by atoms with Crippen LogP contribution in [0.1, 0.15) is 48.9 Å². The van der Waals surface area contributed by atoms with Crippen molar-refractivity contribution in [2.75, 3.05) is 46.0 Å². The summed E-state index contributed by atoms with van der Waals surface area (Å²) >= 11 is 53.1. The van der Waals surface area contributed by atoms with Crippen molar-refractivity contribution in [3.05, 3.63) is 145 Å². The van der Waals surface area contributed by atoms with E-state index in [2.05, 4.69) is 20.3 Å². The molecule has 10 atom stereocenters. The van der Waals surface area contributed by atoms with Crippen LogP contribution in [0.2, 0.25) is 0 Å². The van der Waals surface area contributed by atoms with E-state index in [1.165, 1.54) is 25.7 Å². The smallest absolute Gasteiger partial charge is 0.475 e. The third-order valence-corrected chi connectivity index (χ3v) is 16.4. The summed E-state index contributed by atoms with van der Waals surface area (Å²) in [7, 11) is -2.50. The number of phosphoric acid groups is 1. The van der Waals surface area contributed by atoms with Crippen molar-refractivity contribution in [2.24, 2.45) is 0 Å². The van der Waals surface area contributed by atoms with E-state index < -0.39 is 147 Å². The number of nitrogens with zero attached hydrogens (tertiary/aromatic N) is 6. The van der Waals surface area contributed by atoms with Gasteiger partial charge >= 0.3 is 25.5 Å². The minimum Gasteiger partial charge on any atom is -0.497 e. The van der Waals surface area contributed by atoms with Crippen molar-refractivity contribution < 1.29 is 75.2 Å². The van der Waals surface area contributed by atoms with Crippen LogP contribution in [0, 0.1) is 22.7 Å². The number of aromatic nitrogens is 6. The Hall–Kier alpha value is -5.80. The molecule has 38 heteroatoms. The molecule has 0 spiro atoms. The highest BCUT2D eigenvalue weighted by atomic mass is 35.6. The van der Waals surface area contributed by atoms with Gasteiger partial charge in [-0.3, -0.25) is 52.4 Å². The van der Waals surface area contributed by atoms with Crippen LogP contribution in [-0.4, -0.2) is 142 Å². The van der Waals surface area contributed by atoms with Gasteiger partial charge in [-0.25, -0.2) is 23.9 Å². The van der Waals surface area contributed by atoms with Gasteiger partial charge in [-0.2, -0.15) is 15.5 Å². The lowest BCUT2D eigenvalue weighted by Crippen LogP contribution is -2.45. The van der Waals surface area contributed by atoms with Crippen LogP contribution in [0.25, 0.3) is 11.2 Å². The van der Waals surface area contributed by atoms with Gasteiger partial charge in [-0.1, -0.05) is 159 Å². The minimum atomic E-state index is -5.47. The lowest BCUT2D eigenvalue weighted by molar-refractivity contribution is -0.191. The first-order chi connectivity index (χ1) is 43.5. The number of phosphoric ester groups is 1. The summed E-state index contributed by atoms with van der Waals surface area (Å²) in [4.78, 5) is 92.2. The number of halogens is 9. The molecule has 3 N–H and O–H groups in total. The van der Waals surface area contributed by atoms with E-state index in [4.69, 9.17) is 161 Å². The van der Waals surface area contributed by atoms with Crippen molar-refractivity contribution in [2.45, 2.75) is 92.1 Å². The quantitative estimate of drug-likeness (QED) is 0.0114. The number of hydrogen-bond acceptors (Lipinski definition) is 23. The van der Waals surface area contributed by atoms with Gasteiger partial charge in [0.15, 0.2) is 42.1 Å². The summed E-state index contributed by atoms with van der Waals surface area (Å²) in [6.07, 6.45) is -14.9. The Morgan fingerprint density at radius 1 is 0.696 bits per heavy atom. The molecule has 3 aromatic carbocycles. The van der Waals surface area contributed by atoms with Crippen LogP contribution >= 0.6 is 112 Å². The minimum absolute atomic E-state index is 0.131. The normalized spacial score (nSPS) is 21.2. The molecule has 492 valence electrons. The maximum absolute atomic E-state index is 15.9. The lowest BCUT2D eigenvalue weighted by Gasteiger charge is -2.37. The zero-order chi connectivity index (χ0) is 66.9. The fourth-order valence-electron chi connectivity index (χ4n) is 9.46. The highest BCUT2D eigenvalue weighted by Crippen LogP contribution is 2.55. The molecule has 28 nitrogen and oxygen atoms in total. The number of rotatable bonds is 26. The molecule has 2 aliphatic rings. The van der Waals surface area contributed by atoms with E-state index in [0.717, 1.165) is 18.6 Å². The summed E-state index contributed by atoms with van der Waals surface area (Å²) in [5.74, 6) is -4.09. The van der Waals surface area contributed by atoms with Gasteiger partial charge in [-0.05, 0) is 47.9 Å². The van der Waals surface area contributed by atoms with Crippen molar-refractivity contribution in [1.29, 1.82) is 10.5 Å². The number of alkyl halides is 9. The third-order valence-electron chi connectivity index (χ3n) is 13.5. The number of anilines is 1. The first-order valence-corrected chi connectivity index (χ1v) is 31.5. The number of nitriles is 2. The Bertz CT molecular complexity index is 3870. The second-order valence-electron chi connectivity index (χ2n) is 19.4. The number of ether oxygens (including phenoxy) is 9. The van der Waals surface area contributed by atoms with Crippen LogP contribution in [0.3, 0.4) is 0 Å². The molecule has 2 fully saturated rings. The maximum atomic E-state index is 15.9. The van der Waals surface area contributed by atoms with Crippen molar-refractivity contribution >= 4 is 147 Å². The zero-order valence-corrected chi connectivity index (χ0v) is 55.2. The fourth-order valence-corrected chi connectivity index (χ4v) is 11.3. The SMILES string of the molecule is COc1ccc(C(OC[C@H]2O[C@@H](n3cnc4c(=O)[nH]c(NC(=O)C(Cl)(Cl)Cl)nc43)[C@H](OC(C)OCCC#N)[C@@H]2OP(=O)(OCCC#N)OC[C@H]2O[C@@H](n3ccc(=O)[nH]c3=O)[C@H](OC(=O)C(Cl)(Cl)Cl)[C@@H]2OC(=O)C(Cl)(Cl)Cl)(c2ccccc2)c2ccc(OC)cc2)cc1. The standard InChI is InChI=1S/C54H49Cl9N9O19P/c1-28(82-23-7-20-64)86-41-39(91-92(79,84-24-8-21-65)85-26-35-38(89-47(76)53(58,59)60)40(90-48(77)54(61,62)63)44(88-35)71-22-19-36(73)67-50(71)78)34(87-45(41)72-27-66-37-42(72)68-49(69-43(37)74)70-46(75)52(55,56)57)25-83-51(29-9-5-4-6-10-29,30-11-15-32(80-2)16-12-30)31-13-17-33(81-3)18-14-31/h4-6,9-19,22,27-28,34-35,38-41,44-45H,7-8,23-26H2,1-3H3,(H,67,73,78)(H2,68,69,70,74,75)/t28?,34-,35-,38-,39-,40-,41-,44-,45-,92?/m1/s1. The second kappa shape index (κ2) is 30.7. The predicted molar refractivity (Wildman–Crippen MR) is 330 cm³/mol. The molecule has 0 bridgehead atoms. The average Bonchev–Trinajstić information content (AvgIpc) is 1.36. The highest BCUT2D eigenvalue weighted by molar-refractivity contribution is 7.48. The molecule has 3 aromatic heterocycles. The van der Waals surface area contributed by atoms with Gasteiger partial charge in [-0.15, -0.1) is 0 Å². The first kappa shape index (κ1) is 72.0. The summed E-state index contributed by atoms with van der Waals surface area (Å²) in [5.41, 5.74) is -3.76. The molecule has 8 rings (SSSR count). The van der Waals surface area contributed by atoms with Gasteiger partial charge in [0.2, 0.25) is 5.95 Å². The van der Waals surface area contributed by atoms with Crippen molar-refractivity contribution in [3.63, 3.8) is 0 Å². The Labute approximate surface area is 565 Å². The number of aromatic amines is 2. The van der Waals surface area contributed by atoms with Crippen molar-refractivity contribution in [1.82, 2.24) is 29.1 Å². The number of carbonyl (C=O) groups is 3. The average molecular weight is 1480 g/mol. The van der Waals surface area contributed by atoms with Gasteiger partial charge in [0.05, 0.1) is 72.0 Å². The summed E-state index contributed by atoms with van der Waals surface area (Å²) in [5, 5.41) is 21.5. The number of H-pyrrole nitrogens is 2. The van der Waals surface area contributed by atoms with Gasteiger partial charge in [0.25, 0.3) is 28.4 Å². The molecule has 0 radical (unpaired) electrons. The summed E-state index contributed by atoms with van der Waals surface area (Å²) in [6.45, 7) is -1.26. The number of methoxy groups -OCH3 is 2. The molecular weight excluding hydrogens is 1430 g/mol. The van der Waals surface area contributed by atoms with Crippen LogP contribution in [0.15, 0.2) is 112 Å². The van der Waals surface area contributed by atoms with E-state index in [9.17, 15) is 39.3 Å². The first-order valence-electron chi connectivity index (χ1n) is 26.6. The number of carbonyl (C=O) groups excluding carboxylic acids is 3. The van der Waals surface area contributed by atoms with E-state index >= 15 is 4.57 Å². The zero-order valence-electron chi connectivity index (χ0n) is 47.5. The molecule has 0 saturated carbocycles. The fraction of sp³-hybridized carbons (Fsp3) is 0.407. The number of benzene rings is 3. The van der Waals surface area contributed by atoms with Crippen LogP contribution in [0.4, 0.5) is 5.95 Å². The largest absolute Gasteiger partial charge is 0.497 e. The number of imidazole rings is 1. The molecule has 5 heterocycles. The van der Waals surface area contributed by atoms with Crippen molar-refractivity contribution in [3.8, 4) is 23.6 Å². The lowest BCUT2D eigenvalue weighted by atomic mass is 9.80. The Kier molecular flexibility index (Phi) is 24.1. The van der Waals surface area contributed by atoms with Crippen LogP contribution in [-0.2, 0) is 71.3 Å².